The Labute approximate surface area is 127 Å². The van der Waals surface area contributed by atoms with Crippen LogP contribution in [0.1, 0.15) is 26.3 Å². The Hall–Kier alpha value is -1.75. The van der Waals surface area contributed by atoms with Gasteiger partial charge in [-0.1, -0.05) is 19.9 Å². The highest BCUT2D eigenvalue weighted by molar-refractivity contribution is 5.77. The Morgan fingerprint density at radius 1 is 1.29 bits per heavy atom. The number of nitrogens with one attached hydrogen (secondary N) is 2. The first-order chi connectivity index (χ1) is 10.1. The molecule has 0 atom stereocenters. The van der Waals surface area contributed by atoms with Gasteiger partial charge in [-0.05, 0) is 37.1 Å². The number of benzene rings is 1. The molecule has 0 radical (unpaired) electrons. The van der Waals surface area contributed by atoms with Gasteiger partial charge in [-0.2, -0.15) is 0 Å². The third-order valence-electron chi connectivity index (χ3n) is 2.84. The molecule has 0 saturated heterocycles. The number of hydrogen-bond donors (Lipinski definition) is 2. The van der Waals surface area contributed by atoms with Gasteiger partial charge in [0.2, 0.25) is 0 Å². The van der Waals surface area contributed by atoms with Crippen LogP contribution < -0.4 is 20.1 Å². The Morgan fingerprint density at radius 2 is 2.05 bits per heavy atom. The Balaban J connectivity index is 2.59. The van der Waals surface area contributed by atoms with Crippen LogP contribution in [0.25, 0.3) is 0 Å². The van der Waals surface area contributed by atoms with Crippen molar-refractivity contribution in [2.45, 2.75) is 27.3 Å². The van der Waals surface area contributed by atoms with Gasteiger partial charge in [0.15, 0.2) is 18.1 Å². The summed E-state index contributed by atoms with van der Waals surface area (Å²) in [5, 5.41) is 6.07. The van der Waals surface area contributed by atoms with Crippen LogP contribution in [0, 0.1) is 5.92 Å². The van der Waals surface area contributed by atoms with Crippen LogP contribution in [0.15, 0.2) is 18.2 Å². The number of hydrogen-bond acceptors (Lipinski definition) is 4. The molecule has 0 fully saturated rings. The van der Waals surface area contributed by atoms with Crippen molar-refractivity contribution in [1.82, 2.24) is 10.6 Å². The molecule has 118 valence electrons. The number of carbonyl (C=O) groups is 1. The van der Waals surface area contributed by atoms with Gasteiger partial charge < -0.3 is 20.1 Å². The summed E-state index contributed by atoms with van der Waals surface area (Å²) in [6.45, 7) is 8.56. The highest BCUT2D eigenvalue weighted by atomic mass is 16.5. The minimum atomic E-state index is -0.137. The molecule has 2 N–H and O–H groups in total. The van der Waals surface area contributed by atoms with E-state index in [4.69, 9.17) is 9.47 Å². The zero-order valence-electron chi connectivity index (χ0n) is 13.4. The van der Waals surface area contributed by atoms with Crippen molar-refractivity contribution in [3.05, 3.63) is 23.8 Å². The van der Waals surface area contributed by atoms with E-state index in [9.17, 15) is 4.79 Å². The fraction of sp³-hybridized carbons (Fsp3) is 0.562. The predicted octanol–water partition coefficient (Wildman–Crippen LogP) is 1.96. The van der Waals surface area contributed by atoms with E-state index < -0.39 is 0 Å². The van der Waals surface area contributed by atoms with Crippen LogP contribution >= 0.6 is 0 Å². The second-order valence-corrected chi connectivity index (χ2v) is 5.25. The second-order valence-electron chi connectivity index (χ2n) is 5.25. The molecule has 0 aliphatic rings. The lowest BCUT2D eigenvalue weighted by atomic mass is 10.2. The van der Waals surface area contributed by atoms with Gasteiger partial charge in [-0.25, -0.2) is 0 Å². The molecule has 1 aromatic rings. The number of likely N-dealkylation sites (N-methyl/N-ethyl adjacent to an activating group) is 1. The lowest BCUT2D eigenvalue weighted by Gasteiger charge is -2.13. The SMILES string of the molecule is CCNC(=O)COc1ccc(CNCC(C)C)cc1OC. The first-order valence-corrected chi connectivity index (χ1v) is 7.34. The molecule has 1 rings (SSSR count). The van der Waals surface area contributed by atoms with Gasteiger partial charge in [0.25, 0.3) is 5.91 Å². The molecule has 1 amide bonds. The monoisotopic (exact) mass is 294 g/mol. The summed E-state index contributed by atoms with van der Waals surface area (Å²) in [4.78, 5) is 11.4. The summed E-state index contributed by atoms with van der Waals surface area (Å²) in [6.07, 6.45) is 0. The largest absolute Gasteiger partial charge is 0.493 e. The van der Waals surface area contributed by atoms with Gasteiger partial charge >= 0.3 is 0 Å². The molecule has 0 saturated carbocycles. The third-order valence-corrected chi connectivity index (χ3v) is 2.84. The van der Waals surface area contributed by atoms with E-state index in [1.54, 1.807) is 7.11 Å². The van der Waals surface area contributed by atoms with Crippen molar-refractivity contribution in [3.63, 3.8) is 0 Å². The summed E-state index contributed by atoms with van der Waals surface area (Å²) in [5.74, 6) is 1.70. The zero-order chi connectivity index (χ0) is 15.7. The van der Waals surface area contributed by atoms with E-state index >= 15 is 0 Å². The predicted molar refractivity (Wildman–Crippen MR) is 83.7 cm³/mol. The molecule has 0 heterocycles. The minimum absolute atomic E-state index is 0.00482. The first kappa shape index (κ1) is 17.3. The van der Waals surface area contributed by atoms with Gasteiger partial charge in [0.1, 0.15) is 0 Å². The van der Waals surface area contributed by atoms with Gasteiger partial charge in [0, 0.05) is 13.1 Å². The van der Waals surface area contributed by atoms with Crippen molar-refractivity contribution >= 4 is 5.91 Å². The van der Waals surface area contributed by atoms with Gasteiger partial charge in [-0.15, -0.1) is 0 Å². The Bertz CT molecular complexity index is 447. The van der Waals surface area contributed by atoms with Gasteiger partial charge in [-0.3, -0.25) is 4.79 Å². The van der Waals surface area contributed by atoms with E-state index in [0.717, 1.165) is 18.7 Å². The van der Waals surface area contributed by atoms with Crippen LogP contribution in [0.5, 0.6) is 11.5 Å². The third kappa shape index (κ3) is 6.49. The number of carbonyl (C=O) groups excluding carboxylic acids is 1. The molecule has 21 heavy (non-hydrogen) atoms. The van der Waals surface area contributed by atoms with Crippen LogP contribution in [0.4, 0.5) is 0 Å². The van der Waals surface area contributed by atoms with Crippen molar-refractivity contribution in [3.8, 4) is 11.5 Å². The molecule has 0 aromatic heterocycles. The van der Waals surface area contributed by atoms with Crippen molar-refractivity contribution in [2.24, 2.45) is 5.92 Å². The number of amides is 1. The molecule has 5 heteroatoms. The Morgan fingerprint density at radius 3 is 2.67 bits per heavy atom. The summed E-state index contributed by atoms with van der Waals surface area (Å²) < 4.78 is 10.8. The highest BCUT2D eigenvalue weighted by Gasteiger charge is 2.08. The topological polar surface area (TPSA) is 59.6 Å². The molecule has 5 nitrogen and oxygen atoms in total. The quantitative estimate of drug-likeness (QED) is 0.731. The number of ether oxygens (including phenoxy) is 2. The molecule has 1 aromatic carbocycles. The smallest absolute Gasteiger partial charge is 0.257 e. The summed E-state index contributed by atoms with van der Waals surface area (Å²) in [7, 11) is 1.60. The maximum atomic E-state index is 11.4. The lowest BCUT2D eigenvalue weighted by molar-refractivity contribution is -0.123. The fourth-order valence-electron chi connectivity index (χ4n) is 1.84. The van der Waals surface area contributed by atoms with Crippen molar-refractivity contribution < 1.29 is 14.3 Å². The first-order valence-electron chi connectivity index (χ1n) is 7.34. The van der Waals surface area contributed by atoms with E-state index in [1.165, 1.54) is 0 Å². The summed E-state index contributed by atoms with van der Waals surface area (Å²) in [5.41, 5.74) is 1.12. The standard InChI is InChI=1S/C16H26N2O3/c1-5-18-16(19)11-21-14-7-6-13(8-15(14)20-4)10-17-9-12(2)3/h6-8,12,17H,5,9-11H2,1-4H3,(H,18,19). The molecule has 0 bridgehead atoms. The maximum absolute atomic E-state index is 11.4. The average molecular weight is 294 g/mol. The van der Waals surface area contributed by atoms with Crippen LogP contribution in [-0.2, 0) is 11.3 Å². The van der Waals surface area contributed by atoms with Gasteiger partial charge in [0.05, 0.1) is 7.11 Å². The summed E-state index contributed by atoms with van der Waals surface area (Å²) >= 11 is 0. The highest BCUT2D eigenvalue weighted by Crippen LogP contribution is 2.28. The molecule has 0 unspecified atom stereocenters. The van der Waals surface area contributed by atoms with Crippen LogP contribution in [0.3, 0.4) is 0 Å². The lowest BCUT2D eigenvalue weighted by Crippen LogP contribution is -2.28. The normalized spacial score (nSPS) is 10.5. The van der Waals surface area contributed by atoms with E-state index in [-0.39, 0.29) is 12.5 Å². The minimum Gasteiger partial charge on any atom is -0.493 e. The van der Waals surface area contributed by atoms with Crippen molar-refractivity contribution in [2.75, 3.05) is 26.8 Å². The van der Waals surface area contributed by atoms with Crippen LogP contribution in [-0.4, -0.2) is 32.7 Å². The average Bonchev–Trinajstić information content (AvgIpc) is 2.45. The number of methoxy groups -OCH3 is 1. The molecule has 0 aliphatic heterocycles. The Kier molecular flexibility index (Phi) is 7.61. The summed E-state index contributed by atoms with van der Waals surface area (Å²) in [6, 6.07) is 5.74. The number of rotatable bonds is 9. The second kappa shape index (κ2) is 9.23. The maximum Gasteiger partial charge on any atom is 0.257 e. The van der Waals surface area contributed by atoms with Crippen LogP contribution in [0.2, 0.25) is 0 Å². The molecule has 0 spiro atoms. The molecular formula is C16H26N2O3. The van der Waals surface area contributed by atoms with E-state index in [1.807, 2.05) is 25.1 Å². The van der Waals surface area contributed by atoms with E-state index in [2.05, 4.69) is 24.5 Å². The zero-order valence-corrected chi connectivity index (χ0v) is 13.4. The molecular weight excluding hydrogens is 268 g/mol. The molecule has 0 aliphatic carbocycles. The van der Waals surface area contributed by atoms with Crippen molar-refractivity contribution in [1.29, 1.82) is 0 Å². The fourth-order valence-corrected chi connectivity index (χ4v) is 1.84. The van der Waals surface area contributed by atoms with E-state index in [0.29, 0.717) is 24.0 Å².